The van der Waals surface area contributed by atoms with Gasteiger partial charge >= 0.3 is 0 Å². The number of benzene rings is 1. The number of hydrogen-bond acceptors (Lipinski definition) is 3. The second-order valence-corrected chi connectivity index (χ2v) is 5.82. The van der Waals surface area contributed by atoms with Crippen molar-refractivity contribution >= 4 is 26.8 Å². The number of aromatic nitrogens is 2. The van der Waals surface area contributed by atoms with Crippen LogP contribution < -0.4 is 5.32 Å². The molecule has 1 aromatic carbocycles. The van der Waals surface area contributed by atoms with E-state index in [1.54, 1.807) is 0 Å². The molecule has 1 saturated heterocycles. The standard InChI is InChI=1S/C14H19BrN4/c1-18-12-4-2-3-11(13(12)14(15)17-18)5-8-19-9-6-16-7-10-19/h2-4,16H,5-10H2,1H3. The third-order valence-electron chi connectivity index (χ3n) is 3.83. The van der Waals surface area contributed by atoms with Crippen LogP contribution >= 0.6 is 15.9 Å². The Morgan fingerprint density at radius 1 is 1.32 bits per heavy atom. The Balaban J connectivity index is 1.80. The van der Waals surface area contributed by atoms with Crippen molar-refractivity contribution in [1.29, 1.82) is 0 Å². The molecule has 0 bridgehead atoms. The monoisotopic (exact) mass is 322 g/mol. The number of nitrogens with zero attached hydrogens (tertiary/aromatic N) is 3. The molecule has 0 unspecified atom stereocenters. The normalized spacial score (nSPS) is 17.2. The van der Waals surface area contributed by atoms with Gasteiger partial charge in [-0.25, -0.2) is 0 Å². The summed E-state index contributed by atoms with van der Waals surface area (Å²) in [7, 11) is 1.99. The minimum absolute atomic E-state index is 0.959. The van der Waals surface area contributed by atoms with Crippen LogP contribution in [-0.4, -0.2) is 47.4 Å². The first-order chi connectivity index (χ1) is 9.25. The lowest BCUT2D eigenvalue weighted by atomic mass is 10.1. The van der Waals surface area contributed by atoms with E-state index >= 15 is 0 Å². The number of fused-ring (bicyclic) bond motifs is 1. The van der Waals surface area contributed by atoms with Crippen LogP contribution in [0.1, 0.15) is 5.56 Å². The van der Waals surface area contributed by atoms with Crippen molar-refractivity contribution < 1.29 is 0 Å². The van der Waals surface area contributed by atoms with Crippen molar-refractivity contribution in [3.63, 3.8) is 0 Å². The molecule has 0 aliphatic carbocycles. The van der Waals surface area contributed by atoms with Gasteiger partial charge in [-0.3, -0.25) is 4.68 Å². The molecule has 1 aromatic heterocycles. The molecule has 2 aromatic rings. The number of piperazine rings is 1. The molecule has 1 aliphatic heterocycles. The molecule has 102 valence electrons. The minimum Gasteiger partial charge on any atom is -0.314 e. The quantitative estimate of drug-likeness (QED) is 0.935. The first-order valence-corrected chi connectivity index (χ1v) is 7.58. The zero-order valence-electron chi connectivity index (χ0n) is 11.2. The van der Waals surface area contributed by atoms with Gasteiger partial charge in [0.25, 0.3) is 0 Å². The van der Waals surface area contributed by atoms with Gasteiger partial charge in [-0.1, -0.05) is 12.1 Å². The lowest BCUT2D eigenvalue weighted by Crippen LogP contribution is -2.44. The van der Waals surface area contributed by atoms with Gasteiger partial charge in [0.05, 0.1) is 5.52 Å². The van der Waals surface area contributed by atoms with Crippen LogP contribution in [0.25, 0.3) is 10.9 Å². The molecule has 5 heteroatoms. The molecule has 0 saturated carbocycles. The van der Waals surface area contributed by atoms with Gasteiger partial charge in [0, 0.05) is 45.2 Å². The van der Waals surface area contributed by atoms with Gasteiger partial charge in [-0.15, -0.1) is 0 Å². The minimum atomic E-state index is 0.959. The SMILES string of the molecule is Cn1nc(Br)c2c(CCN3CCNCC3)cccc21. The Kier molecular flexibility index (Phi) is 3.86. The van der Waals surface area contributed by atoms with Crippen LogP contribution in [0.3, 0.4) is 0 Å². The lowest BCUT2D eigenvalue weighted by molar-refractivity contribution is 0.244. The van der Waals surface area contributed by atoms with E-state index in [0.29, 0.717) is 0 Å². The van der Waals surface area contributed by atoms with E-state index in [1.807, 2.05) is 11.7 Å². The highest BCUT2D eigenvalue weighted by molar-refractivity contribution is 9.10. The molecule has 1 aliphatic rings. The van der Waals surface area contributed by atoms with E-state index in [2.05, 4.69) is 49.4 Å². The first kappa shape index (κ1) is 13.1. The molecule has 1 N–H and O–H groups in total. The largest absolute Gasteiger partial charge is 0.314 e. The number of halogens is 1. The molecule has 0 atom stereocenters. The number of rotatable bonds is 3. The summed E-state index contributed by atoms with van der Waals surface area (Å²) in [4.78, 5) is 2.53. The van der Waals surface area contributed by atoms with Crippen LogP contribution in [0.5, 0.6) is 0 Å². The highest BCUT2D eigenvalue weighted by Crippen LogP contribution is 2.26. The number of nitrogens with one attached hydrogen (secondary N) is 1. The fourth-order valence-corrected chi connectivity index (χ4v) is 3.45. The maximum atomic E-state index is 4.46. The van der Waals surface area contributed by atoms with Crippen LogP contribution in [0.2, 0.25) is 0 Å². The summed E-state index contributed by atoms with van der Waals surface area (Å²) < 4.78 is 2.90. The zero-order chi connectivity index (χ0) is 13.2. The highest BCUT2D eigenvalue weighted by Gasteiger charge is 2.13. The summed E-state index contributed by atoms with van der Waals surface area (Å²) in [6, 6.07) is 6.47. The van der Waals surface area contributed by atoms with Gasteiger partial charge < -0.3 is 10.2 Å². The second kappa shape index (κ2) is 5.61. The van der Waals surface area contributed by atoms with E-state index in [-0.39, 0.29) is 0 Å². The molecule has 3 rings (SSSR count). The molecule has 0 spiro atoms. The summed E-state index contributed by atoms with van der Waals surface area (Å²) >= 11 is 3.58. The Labute approximate surface area is 121 Å². The highest BCUT2D eigenvalue weighted by atomic mass is 79.9. The molecule has 19 heavy (non-hydrogen) atoms. The van der Waals surface area contributed by atoms with E-state index in [1.165, 1.54) is 16.5 Å². The third-order valence-corrected chi connectivity index (χ3v) is 4.38. The van der Waals surface area contributed by atoms with Gasteiger partial charge in [0.1, 0.15) is 4.60 Å². The average Bonchev–Trinajstić information content (AvgIpc) is 2.74. The van der Waals surface area contributed by atoms with Gasteiger partial charge in [0.2, 0.25) is 0 Å². The smallest absolute Gasteiger partial charge is 0.136 e. The fourth-order valence-electron chi connectivity index (χ4n) is 2.75. The van der Waals surface area contributed by atoms with Crippen molar-refractivity contribution in [3.8, 4) is 0 Å². The Bertz CT molecular complexity index is 572. The lowest BCUT2D eigenvalue weighted by Gasteiger charge is -2.27. The maximum absolute atomic E-state index is 4.46. The van der Waals surface area contributed by atoms with Crippen molar-refractivity contribution in [1.82, 2.24) is 20.0 Å². The van der Waals surface area contributed by atoms with Crippen LogP contribution in [0, 0.1) is 0 Å². The summed E-state index contributed by atoms with van der Waals surface area (Å²) in [5.41, 5.74) is 2.58. The Morgan fingerprint density at radius 3 is 2.89 bits per heavy atom. The Morgan fingerprint density at radius 2 is 2.11 bits per heavy atom. The summed E-state index contributed by atoms with van der Waals surface area (Å²) in [5.74, 6) is 0. The second-order valence-electron chi connectivity index (χ2n) is 5.07. The topological polar surface area (TPSA) is 33.1 Å². The average molecular weight is 323 g/mol. The molecule has 0 radical (unpaired) electrons. The number of hydrogen-bond donors (Lipinski definition) is 1. The Hall–Kier alpha value is -0.910. The van der Waals surface area contributed by atoms with Gasteiger partial charge in [0.15, 0.2) is 0 Å². The zero-order valence-corrected chi connectivity index (χ0v) is 12.8. The summed E-state index contributed by atoms with van der Waals surface area (Å²) in [5, 5.41) is 9.11. The molecule has 4 nitrogen and oxygen atoms in total. The van der Waals surface area contributed by atoms with Crippen LogP contribution in [-0.2, 0) is 13.5 Å². The van der Waals surface area contributed by atoms with E-state index < -0.39 is 0 Å². The van der Waals surface area contributed by atoms with Gasteiger partial charge in [-0.05, 0) is 34.0 Å². The van der Waals surface area contributed by atoms with E-state index in [0.717, 1.165) is 43.7 Å². The predicted molar refractivity (Wildman–Crippen MR) is 81.4 cm³/mol. The van der Waals surface area contributed by atoms with Crippen LogP contribution in [0.4, 0.5) is 0 Å². The van der Waals surface area contributed by atoms with E-state index in [9.17, 15) is 0 Å². The van der Waals surface area contributed by atoms with E-state index in [4.69, 9.17) is 0 Å². The van der Waals surface area contributed by atoms with Crippen molar-refractivity contribution in [2.45, 2.75) is 6.42 Å². The molecule has 0 amide bonds. The molecular formula is C14H19BrN4. The first-order valence-electron chi connectivity index (χ1n) is 6.79. The summed E-state index contributed by atoms with van der Waals surface area (Å²) in [6.07, 6.45) is 1.08. The predicted octanol–water partition coefficient (Wildman–Crippen LogP) is 1.78. The summed E-state index contributed by atoms with van der Waals surface area (Å²) in [6.45, 7) is 5.66. The van der Waals surface area contributed by atoms with Crippen molar-refractivity contribution in [2.75, 3.05) is 32.7 Å². The third kappa shape index (κ3) is 2.68. The maximum Gasteiger partial charge on any atom is 0.136 e. The fraction of sp³-hybridized carbons (Fsp3) is 0.500. The molecule has 1 fully saturated rings. The number of aryl methyl sites for hydroxylation is 1. The molecular weight excluding hydrogens is 304 g/mol. The molecule has 2 heterocycles. The van der Waals surface area contributed by atoms with Gasteiger partial charge in [-0.2, -0.15) is 5.10 Å². The van der Waals surface area contributed by atoms with Crippen LogP contribution in [0.15, 0.2) is 22.8 Å². The van der Waals surface area contributed by atoms with Crippen molar-refractivity contribution in [3.05, 3.63) is 28.4 Å². The van der Waals surface area contributed by atoms with Crippen molar-refractivity contribution in [2.24, 2.45) is 7.05 Å².